The summed E-state index contributed by atoms with van der Waals surface area (Å²) in [5.41, 5.74) is 2.52. The van der Waals surface area contributed by atoms with Crippen molar-refractivity contribution in [1.29, 1.82) is 0 Å². The third kappa shape index (κ3) is 2.99. The van der Waals surface area contributed by atoms with Crippen LogP contribution >= 0.6 is 0 Å². The highest BCUT2D eigenvalue weighted by Crippen LogP contribution is 2.25. The van der Waals surface area contributed by atoms with Crippen LogP contribution < -0.4 is 9.80 Å². The lowest BCUT2D eigenvalue weighted by Crippen LogP contribution is -2.27. The number of carbonyl (C=O) groups is 4. The van der Waals surface area contributed by atoms with E-state index in [-0.39, 0.29) is 0 Å². The first-order valence-corrected chi connectivity index (χ1v) is 7.80. The van der Waals surface area contributed by atoms with Crippen molar-refractivity contribution in [2.24, 2.45) is 20.5 Å². The molecule has 0 aliphatic carbocycles. The third-order valence-corrected chi connectivity index (χ3v) is 3.98. The largest absolute Gasteiger partial charge is 0.375 e. The van der Waals surface area contributed by atoms with Gasteiger partial charge in [-0.15, -0.1) is 0 Å². The Bertz CT molecular complexity index is 1010. The van der Waals surface area contributed by atoms with E-state index in [9.17, 15) is 19.2 Å². The first-order chi connectivity index (χ1) is 13.0. The Kier molecular flexibility index (Phi) is 3.84. The first kappa shape index (κ1) is 16.4. The molecule has 0 atom stereocenters. The average molecular weight is 362 g/mol. The van der Waals surface area contributed by atoms with Crippen molar-refractivity contribution < 1.29 is 19.2 Å². The van der Waals surface area contributed by atoms with Gasteiger partial charge in [-0.3, -0.25) is 0 Å². The minimum Gasteiger partial charge on any atom is -0.243 e. The Morgan fingerprint density at radius 1 is 0.593 bits per heavy atom. The lowest BCUT2D eigenvalue weighted by molar-refractivity contribution is 0.247. The molecule has 0 bridgehead atoms. The SMILES string of the molecule is O=C1N=NC(=O)N1c1ccc(Cc2cccc(N3C(=O)N=NC3=O)c2)cc1. The van der Waals surface area contributed by atoms with E-state index in [1.54, 1.807) is 42.5 Å². The Labute approximate surface area is 151 Å². The molecule has 0 fully saturated rings. The number of benzene rings is 2. The molecule has 27 heavy (non-hydrogen) atoms. The molecular weight excluding hydrogens is 352 g/mol. The molecule has 2 aromatic rings. The molecule has 10 heteroatoms. The maximum absolute atomic E-state index is 11.6. The minimum absolute atomic E-state index is 0.379. The van der Waals surface area contributed by atoms with Crippen LogP contribution in [0, 0.1) is 0 Å². The zero-order chi connectivity index (χ0) is 19.0. The van der Waals surface area contributed by atoms with E-state index in [1.807, 2.05) is 6.07 Å². The van der Waals surface area contributed by atoms with Gasteiger partial charge in [0.15, 0.2) is 0 Å². The first-order valence-electron chi connectivity index (χ1n) is 7.80. The summed E-state index contributed by atoms with van der Waals surface area (Å²) in [6.07, 6.45) is 0.509. The molecule has 0 radical (unpaired) electrons. The molecule has 0 saturated carbocycles. The van der Waals surface area contributed by atoms with Crippen molar-refractivity contribution in [1.82, 2.24) is 0 Å². The van der Waals surface area contributed by atoms with Gasteiger partial charge in [-0.25, -0.2) is 29.0 Å². The second-order valence-electron chi connectivity index (χ2n) is 5.71. The molecule has 2 aromatic carbocycles. The van der Waals surface area contributed by atoms with Crippen LogP contribution in [0.15, 0.2) is 69.0 Å². The van der Waals surface area contributed by atoms with Crippen LogP contribution in [0.4, 0.5) is 30.6 Å². The molecule has 2 heterocycles. The zero-order valence-corrected chi connectivity index (χ0v) is 13.6. The van der Waals surface area contributed by atoms with Crippen LogP contribution in [0.5, 0.6) is 0 Å². The molecule has 0 spiro atoms. The number of hydrogen-bond acceptors (Lipinski definition) is 4. The highest BCUT2D eigenvalue weighted by Gasteiger charge is 2.30. The number of hydrogen-bond donors (Lipinski definition) is 0. The van der Waals surface area contributed by atoms with Gasteiger partial charge in [0.1, 0.15) is 0 Å². The quantitative estimate of drug-likeness (QED) is 0.804. The van der Waals surface area contributed by atoms with E-state index in [1.165, 1.54) is 0 Å². The number of rotatable bonds is 4. The number of nitrogens with zero attached hydrogens (tertiary/aromatic N) is 6. The minimum atomic E-state index is -0.726. The third-order valence-electron chi connectivity index (χ3n) is 3.98. The molecule has 0 aromatic heterocycles. The number of carbonyl (C=O) groups excluding carboxylic acids is 4. The smallest absolute Gasteiger partial charge is 0.243 e. The molecule has 4 rings (SSSR count). The predicted octanol–water partition coefficient (Wildman–Crippen LogP) is 4.30. The normalized spacial score (nSPS) is 16.1. The van der Waals surface area contributed by atoms with Crippen LogP contribution in [0.2, 0.25) is 0 Å². The molecule has 2 aliphatic rings. The Morgan fingerprint density at radius 2 is 1.11 bits per heavy atom. The summed E-state index contributed by atoms with van der Waals surface area (Å²) in [4.78, 5) is 48.1. The molecule has 2 aliphatic heterocycles. The predicted molar refractivity (Wildman–Crippen MR) is 91.9 cm³/mol. The van der Waals surface area contributed by atoms with Crippen LogP contribution in [0.25, 0.3) is 0 Å². The van der Waals surface area contributed by atoms with Crippen molar-refractivity contribution in [2.45, 2.75) is 6.42 Å². The van der Waals surface area contributed by atoms with E-state index in [0.29, 0.717) is 17.8 Å². The highest BCUT2D eigenvalue weighted by atomic mass is 16.2. The van der Waals surface area contributed by atoms with E-state index in [4.69, 9.17) is 0 Å². The maximum atomic E-state index is 11.6. The number of imide groups is 2. The number of azo groups is 2. The fourth-order valence-corrected chi connectivity index (χ4v) is 2.76. The molecule has 0 saturated heterocycles. The molecule has 132 valence electrons. The Hall–Kier alpha value is -4.08. The summed E-state index contributed by atoms with van der Waals surface area (Å²) in [6.45, 7) is 0. The summed E-state index contributed by atoms with van der Waals surface area (Å²) in [7, 11) is 0. The second-order valence-corrected chi connectivity index (χ2v) is 5.71. The second kappa shape index (κ2) is 6.33. The van der Waals surface area contributed by atoms with Gasteiger partial charge >= 0.3 is 24.1 Å². The standard InChI is InChI=1S/C17H10N6O4/c24-14-18-19-15(25)22(14)12-6-4-10(5-7-12)8-11-2-1-3-13(9-11)23-16(26)20-21-17(23)27/h1-7,9H,8H2. The summed E-state index contributed by atoms with van der Waals surface area (Å²) < 4.78 is 0. The van der Waals surface area contributed by atoms with Crippen molar-refractivity contribution in [3.05, 3.63) is 59.7 Å². The molecule has 0 unspecified atom stereocenters. The Morgan fingerprint density at radius 3 is 1.67 bits per heavy atom. The molecule has 0 N–H and O–H groups in total. The van der Waals surface area contributed by atoms with E-state index >= 15 is 0 Å². The molecular formula is C17H10N6O4. The van der Waals surface area contributed by atoms with Crippen molar-refractivity contribution in [3.63, 3.8) is 0 Å². The van der Waals surface area contributed by atoms with Crippen LogP contribution in [0.1, 0.15) is 11.1 Å². The fraction of sp³-hybridized carbons (Fsp3) is 0.0588. The summed E-state index contributed by atoms with van der Waals surface area (Å²) in [5, 5.41) is 12.9. The summed E-state index contributed by atoms with van der Waals surface area (Å²) in [5.74, 6) is 0. The van der Waals surface area contributed by atoms with E-state index in [2.05, 4.69) is 20.5 Å². The van der Waals surface area contributed by atoms with Gasteiger partial charge in [0, 0.05) is 0 Å². The number of amides is 8. The van der Waals surface area contributed by atoms with Crippen molar-refractivity contribution in [3.8, 4) is 0 Å². The van der Waals surface area contributed by atoms with Gasteiger partial charge in [-0.2, -0.15) is 0 Å². The van der Waals surface area contributed by atoms with Gasteiger partial charge in [0.05, 0.1) is 11.4 Å². The highest BCUT2D eigenvalue weighted by molar-refractivity contribution is 6.17. The number of anilines is 2. The van der Waals surface area contributed by atoms with Crippen LogP contribution in [-0.2, 0) is 6.42 Å². The van der Waals surface area contributed by atoms with Crippen molar-refractivity contribution >= 4 is 35.5 Å². The monoisotopic (exact) mass is 362 g/mol. The summed E-state index contributed by atoms with van der Waals surface area (Å²) >= 11 is 0. The lowest BCUT2D eigenvalue weighted by Gasteiger charge is -2.13. The molecule has 8 amide bonds. The van der Waals surface area contributed by atoms with Crippen LogP contribution in [0.3, 0.4) is 0 Å². The average Bonchev–Trinajstić information content (AvgIpc) is 3.17. The topological polar surface area (TPSA) is 124 Å². The van der Waals surface area contributed by atoms with Gasteiger partial charge in [0.2, 0.25) is 0 Å². The van der Waals surface area contributed by atoms with Gasteiger partial charge in [-0.1, -0.05) is 44.7 Å². The fourth-order valence-electron chi connectivity index (χ4n) is 2.76. The van der Waals surface area contributed by atoms with Gasteiger partial charge in [-0.05, 0) is 41.8 Å². The lowest BCUT2D eigenvalue weighted by atomic mass is 10.0. The summed E-state index contributed by atoms with van der Waals surface area (Å²) in [6, 6.07) is 10.8. The van der Waals surface area contributed by atoms with Crippen molar-refractivity contribution in [2.75, 3.05) is 9.80 Å². The zero-order valence-electron chi connectivity index (χ0n) is 13.6. The van der Waals surface area contributed by atoms with Crippen LogP contribution in [-0.4, -0.2) is 24.1 Å². The van der Waals surface area contributed by atoms with Gasteiger partial charge in [0.25, 0.3) is 0 Å². The number of urea groups is 4. The van der Waals surface area contributed by atoms with E-state index < -0.39 is 24.1 Å². The van der Waals surface area contributed by atoms with Gasteiger partial charge < -0.3 is 0 Å². The molecule has 10 nitrogen and oxygen atoms in total. The van der Waals surface area contributed by atoms with E-state index in [0.717, 1.165) is 20.9 Å². The maximum Gasteiger partial charge on any atom is 0.375 e. The Balaban J connectivity index is 1.52.